The zero-order valence-corrected chi connectivity index (χ0v) is 19.0. The number of anilines is 1. The normalized spacial score (nSPS) is 11.1. The molecule has 30 heavy (non-hydrogen) atoms. The van der Waals surface area contributed by atoms with E-state index in [0.717, 1.165) is 10.0 Å². The average Bonchev–Trinajstić information content (AvgIpc) is 2.73. The minimum absolute atomic E-state index is 0.0868. The van der Waals surface area contributed by atoms with Crippen LogP contribution in [0.3, 0.4) is 0 Å². The van der Waals surface area contributed by atoms with E-state index in [9.17, 15) is 13.2 Å². The van der Waals surface area contributed by atoms with Gasteiger partial charge in [0.25, 0.3) is 10.0 Å². The molecule has 0 aliphatic heterocycles. The summed E-state index contributed by atoms with van der Waals surface area (Å²) in [5.41, 5.74) is 1.57. The Kier molecular flexibility index (Phi) is 6.48. The smallest absolute Gasteiger partial charge is 0.261 e. The highest BCUT2D eigenvalue weighted by atomic mass is 79.9. The first-order valence-corrected chi connectivity index (χ1v) is 11.2. The van der Waals surface area contributed by atoms with Crippen molar-refractivity contribution in [1.29, 1.82) is 0 Å². The third kappa shape index (κ3) is 4.66. The number of ether oxygens (including phenoxy) is 2. The van der Waals surface area contributed by atoms with E-state index in [2.05, 4.69) is 20.7 Å². The zero-order valence-electron chi connectivity index (χ0n) is 16.6. The highest BCUT2D eigenvalue weighted by Crippen LogP contribution is 2.35. The summed E-state index contributed by atoms with van der Waals surface area (Å²) in [5, 5.41) is 0. The Morgan fingerprint density at radius 1 is 0.933 bits per heavy atom. The Hall–Kier alpha value is -2.84. The van der Waals surface area contributed by atoms with Crippen molar-refractivity contribution in [3.63, 3.8) is 0 Å². The van der Waals surface area contributed by atoms with E-state index in [1.807, 2.05) is 6.92 Å². The van der Waals surface area contributed by atoms with Gasteiger partial charge in [-0.3, -0.25) is 9.52 Å². The van der Waals surface area contributed by atoms with Crippen LogP contribution in [0.2, 0.25) is 0 Å². The van der Waals surface area contributed by atoms with Gasteiger partial charge >= 0.3 is 0 Å². The zero-order chi connectivity index (χ0) is 21.9. The first-order valence-electron chi connectivity index (χ1n) is 8.91. The van der Waals surface area contributed by atoms with Gasteiger partial charge in [-0.15, -0.1) is 0 Å². The van der Waals surface area contributed by atoms with Crippen LogP contribution < -0.4 is 14.2 Å². The van der Waals surface area contributed by atoms with Crippen LogP contribution in [0.15, 0.2) is 70.0 Å². The lowest BCUT2D eigenvalue weighted by atomic mass is 10.0. The molecule has 0 unspecified atom stereocenters. The summed E-state index contributed by atoms with van der Waals surface area (Å²) in [6.07, 6.45) is 0. The minimum Gasteiger partial charge on any atom is -0.493 e. The molecule has 0 fully saturated rings. The molecule has 156 valence electrons. The minimum atomic E-state index is -3.93. The lowest BCUT2D eigenvalue weighted by Gasteiger charge is -2.16. The van der Waals surface area contributed by atoms with Crippen LogP contribution in [0, 0.1) is 6.92 Å². The van der Waals surface area contributed by atoms with Crippen molar-refractivity contribution < 1.29 is 22.7 Å². The number of hydrogen-bond acceptors (Lipinski definition) is 5. The van der Waals surface area contributed by atoms with E-state index in [4.69, 9.17) is 9.47 Å². The van der Waals surface area contributed by atoms with Crippen molar-refractivity contribution in [2.24, 2.45) is 0 Å². The largest absolute Gasteiger partial charge is 0.493 e. The summed E-state index contributed by atoms with van der Waals surface area (Å²) < 4.78 is 39.7. The number of sulfonamides is 1. The molecular formula is C22H20BrNO5S. The lowest BCUT2D eigenvalue weighted by molar-refractivity contribution is 0.103. The summed E-state index contributed by atoms with van der Waals surface area (Å²) in [7, 11) is -1.05. The lowest BCUT2D eigenvalue weighted by Crippen LogP contribution is -2.16. The Balaban J connectivity index is 2.12. The Labute approximate surface area is 184 Å². The highest BCUT2D eigenvalue weighted by molar-refractivity contribution is 9.10. The van der Waals surface area contributed by atoms with Crippen LogP contribution in [0.25, 0.3) is 0 Å². The molecule has 0 atom stereocenters. The number of hydrogen-bond donors (Lipinski definition) is 1. The molecule has 0 amide bonds. The molecule has 3 aromatic rings. The molecule has 3 aromatic carbocycles. The molecule has 0 bridgehead atoms. The molecule has 8 heteroatoms. The van der Waals surface area contributed by atoms with E-state index in [0.29, 0.717) is 17.1 Å². The predicted molar refractivity (Wildman–Crippen MR) is 119 cm³/mol. The second-order valence-corrected chi connectivity index (χ2v) is 9.11. The molecule has 3 rings (SSSR count). The van der Waals surface area contributed by atoms with Crippen molar-refractivity contribution in [2.75, 3.05) is 18.9 Å². The molecule has 0 saturated carbocycles. The number of methoxy groups -OCH3 is 2. The van der Waals surface area contributed by atoms with Gasteiger partial charge in [-0.05, 0) is 37.3 Å². The van der Waals surface area contributed by atoms with Crippen LogP contribution in [-0.4, -0.2) is 28.4 Å². The molecule has 0 heterocycles. The first-order chi connectivity index (χ1) is 14.2. The summed E-state index contributed by atoms with van der Waals surface area (Å²) >= 11 is 3.35. The summed E-state index contributed by atoms with van der Waals surface area (Å²) in [5.74, 6) is 0.248. The molecule has 6 nitrogen and oxygen atoms in total. The number of carbonyl (C=O) groups is 1. The van der Waals surface area contributed by atoms with Gasteiger partial charge in [0.2, 0.25) is 0 Å². The maximum absolute atomic E-state index is 13.2. The molecule has 0 radical (unpaired) electrons. The molecule has 0 aliphatic carbocycles. The number of ketones is 1. The Bertz CT molecular complexity index is 1190. The van der Waals surface area contributed by atoms with E-state index < -0.39 is 10.0 Å². The molecule has 0 spiro atoms. The molecular weight excluding hydrogens is 470 g/mol. The fourth-order valence-corrected chi connectivity index (χ4v) is 4.33. The van der Waals surface area contributed by atoms with Gasteiger partial charge in [0.05, 0.1) is 30.4 Å². The van der Waals surface area contributed by atoms with Gasteiger partial charge in [0.15, 0.2) is 17.3 Å². The number of aryl methyl sites for hydroxylation is 1. The van der Waals surface area contributed by atoms with Crippen LogP contribution in [0.4, 0.5) is 5.69 Å². The maximum atomic E-state index is 13.2. The Morgan fingerprint density at radius 3 is 2.17 bits per heavy atom. The van der Waals surface area contributed by atoms with Crippen molar-refractivity contribution in [3.8, 4) is 11.5 Å². The number of halogens is 1. The van der Waals surface area contributed by atoms with Crippen LogP contribution >= 0.6 is 15.9 Å². The van der Waals surface area contributed by atoms with Gasteiger partial charge in [-0.2, -0.15) is 0 Å². The summed E-state index contributed by atoms with van der Waals surface area (Å²) in [6, 6.07) is 16.2. The fraction of sp³-hybridized carbons (Fsp3) is 0.136. The van der Waals surface area contributed by atoms with Gasteiger partial charge in [-0.1, -0.05) is 45.8 Å². The van der Waals surface area contributed by atoms with Gasteiger partial charge in [0, 0.05) is 16.1 Å². The second kappa shape index (κ2) is 8.89. The molecule has 1 N–H and O–H groups in total. The van der Waals surface area contributed by atoms with Crippen molar-refractivity contribution in [2.45, 2.75) is 11.8 Å². The van der Waals surface area contributed by atoms with Crippen LogP contribution in [-0.2, 0) is 10.0 Å². The standard InChI is InChI=1S/C22H20BrNO5S/c1-14-7-9-17(10-8-14)30(26,27)24-19-13-21(29-3)20(28-2)12-18(19)22(25)15-5-4-6-16(23)11-15/h4-13,24H,1-3H3. The third-order valence-corrected chi connectivity index (χ3v) is 6.31. The van der Waals surface area contributed by atoms with Gasteiger partial charge < -0.3 is 9.47 Å². The maximum Gasteiger partial charge on any atom is 0.261 e. The summed E-state index contributed by atoms with van der Waals surface area (Å²) in [4.78, 5) is 13.3. The van der Waals surface area contributed by atoms with Crippen LogP contribution in [0.5, 0.6) is 11.5 Å². The first kappa shape index (κ1) is 21.9. The average molecular weight is 490 g/mol. The summed E-state index contributed by atoms with van der Waals surface area (Å²) in [6.45, 7) is 1.87. The number of carbonyl (C=O) groups excluding carboxylic acids is 1. The van der Waals surface area contributed by atoms with Crippen LogP contribution in [0.1, 0.15) is 21.5 Å². The highest BCUT2D eigenvalue weighted by Gasteiger charge is 2.23. The fourth-order valence-electron chi connectivity index (χ4n) is 2.86. The van der Waals surface area contributed by atoms with E-state index in [-0.39, 0.29) is 21.9 Å². The Morgan fingerprint density at radius 2 is 1.57 bits per heavy atom. The van der Waals surface area contributed by atoms with Crippen molar-refractivity contribution in [3.05, 3.63) is 81.8 Å². The number of nitrogens with one attached hydrogen (secondary N) is 1. The molecule has 0 aromatic heterocycles. The van der Waals surface area contributed by atoms with Gasteiger partial charge in [0.1, 0.15) is 0 Å². The molecule has 0 saturated heterocycles. The second-order valence-electron chi connectivity index (χ2n) is 6.51. The van der Waals surface area contributed by atoms with Gasteiger partial charge in [-0.25, -0.2) is 8.42 Å². The van der Waals surface area contributed by atoms with Crippen molar-refractivity contribution >= 4 is 37.4 Å². The van der Waals surface area contributed by atoms with E-state index >= 15 is 0 Å². The quantitative estimate of drug-likeness (QED) is 0.481. The predicted octanol–water partition coefficient (Wildman–Crippen LogP) is 4.81. The third-order valence-electron chi connectivity index (χ3n) is 4.43. The van der Waals surface area contributed by atoms with E-state index in [1.54, 1.807) is 36.4 Å². The van der Waals surface area contributed by atoms with E-state index in [1.165, 1.54) is 38.5 Å². The monoisotopic (exact) mass is 489 g/mol. The SMILES string of the molecule is COc1cc(NS(=O)(=O)c2ccc(C)cc2)c(C(=O)c2cccc(Br)c2)cc1OC. The topological polar surface area (TPSA) is 81.7 Å². The number of benzene rings is 3. The van der Waals surface area contributed by atoms with Crippen molar-refractivity contribution in [1.82, 2.24) is 0 Å². The number of rotatable bonds is 7. The molecule has 0 aliphatic rings.